The van der Waals surface area contributed by atoms with Crippen LogP contribution >= 0.6 is 0 Å². The van der Waals surface area contributed by atoms with Gasteiger partial charge in [-0.2, -0.15) is 0 Å². The Hall–Kier alpha value is -1.69. The van der Waals surface area contributed by atoms with Gasteiger partial charge in [-0.25, -0.2) is 14.2 Å². The number of aromatic nitrogens is 1. The van der Waals surface area contributed by atoms with Crippen LogP contribution in [0.2, 0.25) is 0 Å². The minimum absolute atomic E-state index is 0.0212. The number of rotatable bonds is 3. The molecule has 1 aliphatic rings. The lowest BCUT2D eigenvalue weighted by Crippen LogP contribution is -2.68. The van der Waals surface area contributed by atoms with E-state index >= 15 is 0 Å². The summed E-state index contributed by atoms with van der Waals surface area (Å²) in [5.41, 5.74) is -0.394. The number of carbonyl (C=O) groups is 1. The fourth-order valence-electron chi connectivity index (χ4n) is 2.48. The second-order valence-corrected chi connectivity index (χ2v) is 5.87. The molecule has 1 aromatic rings. The maximum atomic E-state index is 12.7. The van der Waals surface area contributed by atoms with Crippen LogP contribution in [0.15, 0.2) is 18.3 Å². The zero-order valence-corrected chi connectivity index (χ0v) is 12.2. The first-order chi connectivity index (χ1) is 9.28. The van der Waals surface area contributed by atoms with Gasteiger partial charge in [-0.3, -0.25) is 5.32 Å². The highest BCUT2D eigenvalue weighted by Gasteiger charge is 2.58. The summed E-state index contributed by atoms with van der Waals surface area (Å²) < 4.78 is 18.2. The average molecular weight is 281 g/mol. The lowest BCUT2D eigenvalue weighted by atomic mass is 9.56. The van der Waals surface area contributed by atoms with E-state index in [1.807, 2.05) is 6.92 Å². The Bertz CT molecular complexity index is 504. The SMILES string of the molecule is CO[C@]1(C)C[C@@H](NC(=O)Nc2ccc(F)cn2)C1(C)C. The Balaban J connectivity index is 1.92. The predicted octanol–water partition coefficient (Wildman–Crippen LogP) is 2.55. The van der Waals surface area contributed by atoms with E-state index in [0.29, 0.717) is 5.82 Å². The number of pyridine rings is 1. The van der Waals surface area contributed by atoms with Crippen LogP contribution in [-0.2, 0) is 4.74 Å². The molecule has 1 heterocycles. The van der Waals surface area contributed by atoms with Gasteiger partial charge in [-0.1, -0.05) is 13.8 Å². The minimum atomic E-state index is -0.438. The van der Waals surface area contributed by atoms with E-state index in [1.165, 1.54) is 12.1 Å². The highest BCUT2D eigenvalue weighted by molar-refractivity contribution is 5.88. The van der Waals surface area contributed by atoms with Crippen molar-refractivity contribution in [2.45, 2.75) is 38.8 Å². The topological polar surface area (TPSA) is 63.2 Å². The molecule has 1 saturated carbocycles. The number of methoxy groups -OCH3 is 1. The number of urea groups is 1. The summed E-state index contributed by atoms with van der Waals surface area (Å²) in [6.07, 6.45) is 1.81. The Morgan fingerprint density at radius 3 is 2.65 bits per heavy atom. The number of carbonyl (C=O) groups excluding carboxylic acids is 1. The first-order valence-corrected chi connectivity index (χ1v) is 6.53. The summed E-state index contributed by atoms with van der Waals surface area (Å²) in [7, 11) is 1.68. The molecule has 0 radical (unpaired) electrons. The third-order valence-electron chi connectivity index (χ3n) is 4.55. The molecule has 2 atom stereocenters. The van der Waals surface area contributed by atoms with Crippen molar-refractivity contribution in [2.75, 3.05) is 12.4 Å². The Labute approximate surface area is 117 Å². The third-order valence-corrected chi connectivity index (χ3v) is 4.55. The maximum Gasteiger partial charge on any atom is 0.320 e. The third kappa shape index (κ3) is 2.47. The molecular weight excluding hydrogens is 261 g/mol. The quantitative estimate of drug-likeness (QED) is 0.895. The van der Waals surface area contributed by atoms with Gasteiger partial charge in [-0.15, -0.1) is 0 Å². The highest BCUT2D eigenvalue weighted by Crippen LogP contribution is 2.51. The molecule has 0 aliphatic heterocycles. The largest absolute Gasteiger partial charge is 0.378 e. The number of amides is 2. The summed E-state index contributed by atoms with van der Waals surface area (Å²) >= 11 is 0. The molecule has 0 bridgehead atoms. The summed E-state index contributed by atoms with van der Waals surface area (Å²) in [6.45, 7) is 6.15. The van der Waals surface area contributed by atoms with E-state index in [0.717, 1.165) is 12.6 Å². The molecular formula is C14H20FN3O2. The molecule has 0 saturated heterocycles. The smallest absolute Gasteiger partial charge is 0.320 e. The highest BCUT2D eigenvalue weighted by atomic mass is 19.1. The van der Waals surface area contributed by atoms with Gasteiger partial charge >= 0.3 is 6.03 Å². The first kappa shape index (κ1) is 14.7. The van der Waals surface area contributed by atoms with E-state index in [-0.39, 0.29) is 23.1 Å². The van der Waals surface area contributed by atoms with Gasteiger partial charge in [0.05, 0.1) is 11.8 Å². The molecule has 2 rings (SSSR count). The normalized spacial score (nSPS) is 27.6. The van der Waals surface area contributed by atoms with Crippen molar-refractivity contribution in [1.82, 2.24) is 10.3 Å². The molecule has 1 aliphatic carbocycles. The number of nitrogens with one attached hydrogen (secondary N) is 2. The van der Waals surface area contributed by atoms with Crippen molar-refractivity contribution < 1.29 is 13.9 Å². The number of hydrogen-bond donors (Lipinski definition) is 2. The zero-order valence-electron chi connectivity index (χ0n) is 12.2. The van der Waals surface area contributed by atoms with Gasteiger partial charge in [-0.05, 0) is 25.5 Å². The van der Waals surface area contributed by atoms with Crippen molar-refractivity contribution in [3.63, 3.8) is 0 Å². The number of anilines is 1. The van der Waals surface area contributed by atoms with Crippen LogP contribution in [-0.4, -0.2) is 29.8 Å². The van der Waals surface area contributed by atoms with Crippen molar-refractivity contribution in [3.05, 3.63) is 24.1 Å². The fraction of sp³-hybridized carbons (Fsp3) is 0.571. The van der Waals surface area contributed by atoms with Gasteiger partial charge in [0, 0.05) is 18.6 Å². The molecule has 0 spiro atoms. The Morgan fingerprint density at radius 1 is 1.45 bits per heavy atom. The van der Waals surface area contributed by atoms with Crippen molar-refractivity contribution in [1.29, 1.82) is 0 Å². The van der Waals surface area contributed by atoms with Gasteiger partial charge < -0.3 is 10.1 Å². The standard InChI is InChI=1S/C14H20FN3O2/c1-13(2)10(7-14(13,3)20-4)17-12(19)18-11-6-5-9(15)8-16-11/h5-6,8,10H,7H2,1-4H3,(H2,16,17,18,19)/t10-,14-/m1/s1. The summed E-state index contributed by atoms with van der Waals surface area (Å²) in [4.78, 5) is 15.7. The van der Waals surface area contributed by atoms with Crippen molar-refractivity contribution >= 4 is 11.8 Å². The Morgan fingerprint density at radius 2 is 2.15 bits per heavy atom. The molecule has 2 amide bonds. The number of hydrogen-bond acceptors (Lipinski definition) is 3. The zero-order chi connectivity index (χ0) is 15.0. The Kier molecular flexibility index (Phi) is 3.69. The van der Waals surface area contributed by atoms with E-state index in [9.17, 15) is 9.18 Å². The number of halogens is 1. The fourth-order valence-corrected chi connectivity index (χ4v) is 2.48. The van der Waals surface area contributed by atoms with Gasteiger partial charge in [0.1, 0.15) is 11.6 Å². The van der Waals surface area contributed by atoms with Crippen molar-refractivity contribution in [2.24, 2.45) is 5.41 Å². The van der Waals surface area contributed by atoms with Crippen LogP contribution < -0.4 is 10.6 Å². The monoisotopic (exact) mass is 281 g/mol. The van der Waals surface area contributed by atoms with Gasteiger partial charge in [0.25, 0.3) is 0 Å². The first-order valence-electron chi connectivity index (χ1n) is 6.53. The second-order valence-electron chi connectivity index (χ2n) is 5.87. The lowest BCUT2D eigenvalue weighted by molar-refractivity contribution is -0.177. The molecule has 5 nitrogen and oxygen atoms in total. The number of nitrogens with zero attached hydrogens (tertiary/aromatic N) is 1. The van der Waals surface area contributed by atoms with Crippen LogP contribution in [0, 0.1) is 11.2 Å². The van der Waals surface area contributed by atoms with Crippen LogP contribution in [0.3, 0.4) is 0 Å². The summed E-state index contributed by atoms with van der Waals surface area (Å²) in [5, 5.41) is 5.48. The molecule has 0 aromatic carbocycles. The number of ether oxygens (including phenoxy) is 1. The van der Waals surface area contributed by atoms with Crippen LogP contribution in [0.5, 0.6) is 0 Å². The van der Waals surface area contributed by atoms with E-state index in [2.05, 4.69) is 29.5 Å². The average Bonchev–Trinajstić information content (AvgIpc) is 2.40. The molecule has 6 heteroatoms. The lowest BCUT2D eigenvalue weighted by Gasteiger charge is -2.58. The van der Waals surface area contributed by atoms with Crippen LogP contribution in [0.4, 0.5) is 15.0 Å². The van der Waals surface area contributed by atoms with Crippen LogP contribution in [0.1, 0.15) is 27.2 Å². The second kappa shape index (κ2) is 5.01. The van der Waals surface area contributed by atoms with E-state index in [4.69, 9.17) is 4.74 Å². The van der Waals surface area contributed by atoms with Crippen LogP contribution in [0.25, 0.3) is 0 Å². The molecule has 20 heavy (non-hydrogen) atoms. The van der Waals surface area contributed by atoms with Gasteiger partial charge in [0.2, 0.25) is 0 Å². The molecule has 2 N–H and O–H groups in total. The van der Waals surface area contributed by atoms with E-state index < -0.39 is 5.82 Å². The van der Waals surface area contributed by atoms with Crippen molar-refractivity contribution in [3.8, 4) is 0 Å². The molecule has 0 unspecified atom stereocenters. The summed E-state index contributed by atoms with van der Waals surface area (Å²) in [5.74, 6) is -0.123. The van der Waals surface area contributed by atoms with Gasteiger partial charge in [0.15, 0.2) is 0 Å². The van der Waals surface area contributed by atoms with E-state index in [1.54, 1.807) is 7.11 Å². The maximum absolute atomic E-state index is 12.7. The minimum Gasteiger partial charge on any atom is -0.378 e. The molecule has 1 fully saturated rings. The predicted molar refractivity (Wildman–Crippen MR) is 73.9 cm³/mol. The summed E-state index contributed by atoms with van der Waals surface area (Å²) in [6, 6.07) is 2.34. The molecule has 1 aromatic heterocycles. The molecule has 110 valence electrons.